The number of hydrogen-bond donors (Lipinski definition) is 0. The fourth-order valence-corrected chi connectivity index (χ4v) is 7.29. The molecule has 4 nitrogen and oxygen atoms in total. The number of rotatable bonds is 2. The van der Waals surface area contributed by atoms with E-state index in [1.807, 2.05) is 12.3 Å². The SMILES string of the molecule is Cc1cc(C)cc(-c2cc3c4c(c2)Oc2cc5c(cc2B4c2ccccc2O3)oc2c(-c3cc(C(C)(C)C)ccn3)cccc25)c1. The maximum Gasteiger partial charge on any atom is 0.260 e. The summed E-state index contributed by atoms with van der Waals surface area (Å²) in [7, 11) is 0. The molecular weight excluding hydrogens is 565 g/mol. The van der Waals surface area contributed by atoms with Gasteiger partial charge in [-0.1, -0.05) is 80.4 Å². The minimum Gasteiger partial charge on any atom is -0.458 e. The Bertz CT molecular complexity index is 2380. The van der Waals surface area contributed by atoms with Crippen molar-refractivity contribution in [2.75, 3.05) is 0 Å². The predicted molar refractivity (Wildman–Crippen MR) is 188 cm³/mol. The lowest BCUT2D eigenvalue weighted by molar-refractivity contribution is 0.465. The highest BCUT2D eigenvalue weighted by Gasteiger charge is 2.41. The Hall–Kier alpha value is -5.29. The molecule has 5 aromatic carbocycles. The molecule has 5 heteroatoms. The zero-order chi connectivity index (χ0) is 31.3. The number of pyridine rings is 1. The van der Waals surface area contributed by atoms with Gasteiger partial charge in [0.05, 0.1) is 5.69 Å². The molecule has 0 unspecified atom stereocenters. The number of aryl methyl sites for hydroxylation is 2. The molecule has 222 valence electrons. The summed E-state index contributed by atoms with van der Waals surface area (Å²) >= 11 is 0. The Balaban J connectivity index is 1.26. The van der Waals surface area contributed by atoms with E-state index in [1.165, 1.54) is 16.7 Å². The molecule has 2 aliphatic heterocycles. The first kappa shape index (κ1) is 27.1. The highest BCUT2D eigenvalue weighted by molar-refractivity contribution is 6.98. The molecule has 2 aromatic heterocycles. The van der Waals surface area contributed by atoms with E-state index in [9.17, 15) is 0 Å². The average Bonchev–Trinajstić information content (AvgIpc) is 3.40. The van der Waals surface area contributed by atoms with E-state index in [4.69, 9.17) is 18.9 Å². The molecule has 9 rings (SSSR count). The molecule has 46 heavy (non-hydrogen) atoms. The van der Waals surface area contributed by atoms with Gasteiger partial charge in [0.15, 0.2) is 0 Å². The summed E-state index contributed by atoms with van der Waals surface area (Å²) in [6.45, 7) is 10.9. The quantitative estimate of drug-likeness (QED) is 0.187. The van der Waals surface area contributed by atoms with Gasteiger partial charge in [0.25, 0.3) is 6.71 Å². The van der Waals surface area contributed by atoms with Crippen molar-refractivity contribution in [1.82, 2.24) is 4.98 Å². The molecule has 0 bridgehead atoms. The summed E-state index contributed by atoms with van der Waals surface area (Å²) in [4.78, 5) is 4.76. The number of nitrogens with zero attached hydrogens (tertiary/aromatic N) is 1. The molecule has 0 spiro atoms. The highest BCUT2D eigenvalue weighted by atomic mass is 16.5. The maximum atomic E-state index is 6.82. The van der Waals surface area contributed by atoms with Crippen LogP contribution in [0.2, 0.25) is 0 Å². The van der Waals surface area contributed by atoms with Crippen molar-refractivity contribution >= 4 is 45.0 Å². The normalized spacial score (nSPS) is 13.2. The minimum absolute atomic E-state index is 0.0156. The van der Waals surface area contributed by atoms with Crippen LogP contribution in [0.1, 0.15) is 37.5 Å². The number of fused-ring (bicyclic) bond motifs is 7. The van der Waals surface area contributed by atoms with Crippen LogP contribution in [-0.2, 0) is 5.41 Å². The first-order chi connectivity index (χ1) is 22.2. The minimum atomic E-state index is -0.0470. The van der Waals surface area contributed by atoms with E-state index in [2.05, 4.69) is 126 Å². The fourth-order valence-electron chi connectivity index (χ4n) is 7.29. The maximum absolute atomic E-state index is 6.82. The van der Waals surface area contributed by atoms with Crippen LogP contribution in [0.4, 0.5) is 0 Å². The number of hydrogen-bond acceptors (Lipinski definition) is 4. The third-order valence-corrected chi connectivity index (χ3v) is 9.46. The van der Waals surface area contributed by atoms with Gasteiger partial charge in [0.2, 0.25) is 0 Å². The van der Waals surface area contributed by atoms with Gasteiger partial charge in [-0.25, -0.2) is 0 Å². The second kappa shape index (κ2) is 9.61. The van der Waals surface area contributed by atoms with Crippen molar-refractivity contribution in [3.8, 4) is 45.4 Å². The Morgan fingerprint density at radius 1 is 0.630 bits per heavy atom. The average molecular weight is 598 g/mol. The largest absolute Gasteiger partial charge is 0.458 e. The monoisotopic (exact) mass is 597 g/mol. The molecule has 0 fully saturated rings. The van der Waals surface area contributed by atoms with Crippen LogP contribution in [0, 0.1) is 13.8 Å². The third kappa shape index (κ3) is 4.11. The van der Waals surface area contributed by atoms with E-state index in [0.29, 0.717) is 0 Å². The van der Waals surface area contributed by atoms with Gasteiger partial charge in [-0.2, -0.15) is 0 Å². The Kier molecular flexibility index (Phi) is 5.65. The lowest BCUT2D eigenvalue weighted by atomic mass is 9.35. The smallest absolute Gasteiger partial charge is 0.260 e. The van der Waals surface area contributed by atoms with E-state index >= 15 is 0 Å². The molecular formula is C41H32BNO3. The lowest BCUT2D eigenvalue weighted by Gasteiger charge is -2.33. The van der Waals surface area contributed by atoms with Crippen molar-refractivity contribution in [2.45, 2.75) is 40.0 Å². The van der Waals surface area contributed by atoms with Crippen LogP contribution < -0.4 is 25.9 Å². The summed E-state index contributed by atoms with van der Waals surface area (Å²) in [5.41, 5.74) is 12.7. The van der Waals surface area contributed by atoms with E-state index in [1.54, 1.807) is 0 Å². The third-order valence-electron chi connectivity index (χ3n) is 9.46. The van der Waals surface area contributed by atoms with E-state index < -0.39 is 0 Å². The summed E-state index contributed by atoms with van der Waals surface area (Å²) in [5.74, 6) is 3.37. The fraction of sp³-hybridized carbons (Fsp3) is 0.146. The molecule has 7 aromatic rings. The molecule has 0 saturated carbocycles. The number of para-hydroxylation sites is 2. The number of benzene rings is 5. The molecule has 2 aliphatic rings. The second-order valence-electron chi connectivity index (χ2n) is 13.8. The molecule has 0 saturated heterocycles. The summed E-state index contributed by atoms with van der Waals surface area (Å²) in [6, 6.07) is 34.2. The zero-order valence-corrected chi connectivity index (χ0v) is 26.6. The predicted octanol–water partition coefficient (Wildman–Crippen LogP) is 8.96. The van der Waals surface area contributed by atoms with E-state index in [-0.39, 0.29) is 12.1 Å². The molecule has 0 radical (unpaired) electrons. The van der Waals surface area contributed by atoms with Gasteiger partial charge < -0.3 is 13.9 Å². The van der Waals surface area contributed by atoms with Crippen molar-refractivity contribution in [1.29, 1.82) is 0 Å². The van der Waals surface area contributed by atoms with E-state index in [0.717, 1.165) is 83.7 Å². The van der Waals surface area contributed by atoms with Gasteiger partial charge in [0, 0.05) is 28.0 Å². The van der Waals surface area contributed by atoms with Gasteiger partial charge >= 0.3 is 0 Å². The van der Waals surface area contributed by atoms with Crippen molar-refractivity contribution in [3.05, 3.63) is 120 Å². The topological polar surface area (TPSA) is 44.5 Å². The standard InChI is InChI=1S/C41H32BNO3/c1-23-15-24(2)17-25(16-23)26-18-37-39-38(19-26)45-36-21-30-28-9-8-10-29(33-20-27(13-14-43-33)41(3,4)5)40(28)46-35(30)22-32(36)42(39)31-11-6-7-12-34(31)44-37/h6-22H,1-5H3. The van der Waals surface area contributed by atoms with Crippen LogP contribution in [0.25, 0.3) is 44.3 Å². The van der Waals surface area contributed by atoms with Crippen LogP contribution in [-0.4, -0.2) is 11.7 Å². The Labute approximate surface area is 268 Å². The summed E-state index contributed by atoms with van der Waals surface area (Å²) in [6.07, 6.45) is 1.90. The molecule has 0 atom stereocenters. The zero-order valence-electron chi connectivity index (χ0n) is 26.6. The van der Waals surface area contributed by atoms with Crippen LogP contribution in [0.3, 0.4) is 0 Å². The van der Waals surface area contributed by atoms with Crippen molar-refractivity contribution < 1.29 is 13.9 Å². The number of ether oxygens (including phenoxy) is 2. The number of aromatic nitrogens is 1. The van der Waals surface area contributed by atoms with Crippen LogP contribution >= 0.6 is 0 Å². The second-order valence-corrected chi connectivity index (χ2v) is 13.8. The molecule has 0 N–H and O–H groups in total. The first-order valence-corrected chi connectivity index (χ1v) is 15.9. The summed E-state index contributed by atoms with van der Waals surface area (Å²) in [5, 5.41) is 2.07. The Morgan fingerprint density at radius 3 is 2.15 bits per heavy atom. The Morgan fingerprint density at radius 2 is 1.37 bits per heavy atom. The van der Waals surface area contributed by atoms with Crippen molar-refractivity contribution in [2.24, 2.45) is 0 Å². The van der Waals surface area contributed by atoms with Crippen LogP contribution in [0.15, 0.2) is 108 Å². The molecule has 0 amide bonds. The first-order valence-electron chi connectivity index (χ1n) is 15.9. The van der Waals surface area contributed by atoms with Gasteiger partial charge in [-0.15, -0.1) is 0 Å². The van der Waals surface area contributed by atoms with Gasteiger partial charge in [-0.05, 0) is 95.4 Å². The lowest BCUT2D eigenvalue weighted by Crippen LogP contribution is -2.57. The molecule has 0 aliphatic carbocycles. The highest BCUT2D eigenvalue weighted by Crippen LogP contribution is 2.42. The van der Waals surface area contributed by atoms with Gasteiger partial charge in [-0.3, -0.25) is 4.98 Å². The molecule has 4 heterocycles. The van der Waals surface area contributed by atoms with Gasteiger partial charge in [0.1, 0.15) is 34.2 Å². The summed E-state index contributed by atoms with van der Waals surface area (Å²) < 4.78 is 20.1. The van der Waals surface area contributed by atoms with Crippen LogP contribution in [0.5, 0.6) is 23.0 Å². The van der Waals surface area contributed by atoms with Crippen molar-refractivity contribution in [3.63, 3.8) is 0 Å². The number of furan rings is 1.